The van der Waals surface area contributed by atoms with Gasteiger partial charge in [-0.1, -0.05) is 6.07 Å². The topological polar surface area (TPSA) is 80.9 Å². The number of carbonyl (C=O) groups excluding carboxylic acids is 1. The van der Waals surface area contributed by atoms with Gasteiger partial charge in [-0.2, -0.15) is 0 Å². The first kappa shape index (κ1) is 13.5. The fourth-order valence-corrected chi connectivity index (χ4v) is 1.93. The van der Waals surface area contributed by atoms with Crippen LogP contribution in [0.25, 0.3) is 0 Å². The molecule has 0 unspecified atom stereocenters. The zero-order chi connectivity index (χ0) is 13.8. The molecule has 0 saturated heterocycles. The molecule has 1 amide bonds. The van der Waals surface area contributed by atoms with Gasteiger partial charge in [0.05, 0.1) is 17.8 Å². The lowest BCUT2D eigenvalue weighted by atomic mass is 10.2. The molecule has 0 fully saturated rings. The van der Waals surface area contributed by atoms with Gasteiger partial charge in [0.2, 0.25) is 0 Å². The number of rotatable bonds is 3. The molecule has 2 rings (SSSR count). The second kappa shape index (κ2) is 5.79. The van der Waals surface area contributed by atoms with Crippen LogP contribution in [-0.2, 0) is 6.54 Å². The molecule has 0 aromatic carbocycles. The zero-order valence-corrected chi connectivity index (χ0v) is 11.9. The van der Waals surface area contributed by atoms with E-state index in [1.54, 1.807) is 18.5 Å². The fourth-order valence-electron chi connectivity index (χ4n) is 1.59. The molecule has 2 heterocycles. The Hall–Kier alpha value is -1.95. The number of nitrogen functional groups attached to an aromatic ring is 1. The van der Waals surface area contributed by atoms with Crippen molar-refractivity contribution in [1.82, 2.24) is 15.3 Å². The lowest BCUT2D eigenvalue weighted by molar-refractivity contribution is 0.0951. The van der Waals surface area contributed by atoms with Crippen LogP contribution in [-0.4, -0.2) is 15.9 Å². The molecular weight excluding hydrogens is 308 g/mol. The number of nitrogens with one attached hydrogen (secondary N) is 1. The molecule has 3 N–H and O–H groups in total. The average molecular weight is 321 g/mol. The minimum atomic E-state index is -0.267. The molecule has 0 aliphatic carbocycles. The highest BCUT2D eigenvalue weighted by Crippen LogP contribution is 2.15. The van der Waals surface area contributed by atoms with Gasteiger partial charge in [-0.3, -0.25) is 9.78 Å². The molecule has 0 atom stereocenters. The van der Waals surface area contributed by atoms with Crippen LogP contribution in [0.5, 0.6) is 0 Å². The third-order valence-corrected chi connectivity index (χ3v) is 3.10. The van der Waals surface area contributed by atoms with Crippen LogP contribution in [0.4, 0.5) is 5.82 Å². The van der Waals surface area contributed by atoms with Crippen molar-refractivity contribution in [1.29, 1.82) is 0 Å². The van der Waals surface area contributed by atoms with E-state index in [2.05, 4.69) is 31.2 Å². The minimum absolute atomic E-state index is 0.207. The highest BCUT2D eigenvalue weighted by atomic mass is 79.9. The Bertz CT molecular complexity index is 615. The number of aromatic nitrogens is 2. The summed E-state index contributed by atoms with van der Waals surface area (Å²) in [4.78, 5) is 20.2. The van der Waals surface area contributed by atoms with Gasteiger partial charge in [-0.25, -0.2) is 4.98 Å². The quantitative estimate of drug-likeness (QED) is 0.907. The largest absolute Gasteiger partial charge is 0.383 e. The SMILES string of the molecule is Cc1cccnc1CNC(=O)c1cc(Br)cnc1N. The number of hydrogen-bond acceptors (Lipinski definition) is 4. The van der Waals surface area contributed by atoms with Crippen molar-refractivity contribution in [3.8, 4) is 0 Å². The summed E-state index contributed by atoms with van der Waals surface area (Å²) in [5, 5.41) is 2.78. The van der Waals surface area contributed by atoms with E-state index in [9.17, 15) is 4.79 Å². The van der Waals surface area contributed by atoms with Crippen LogP contribution in [0.2, 0.25) is 0 Å². The normalized spacial score (nSPS) is 10.2. The summed E-state index contributed by atoms with van der Waals surface area (Å²) in [7, 11) is 0. The van der Waals surface area contributed by atoms with Crippen molar-refractivity contribution >= 4 is 27.7 Å². The molecule has 6 heteroatoms. The van der Waals surface area contributed by atoms with Crippen molar-refractivity contribution < 1.29 is 4.79 Å². The highest BCUT2D eigenvalue weighted by molar-refractivity contribution is 9.10. The summed E-state index contributed by atoms with van der Waals surface area (Å²) in [5.74, 6) is -0.0604. The van der Waals surface area contributed by atoms with Gasteiger partial charge in [0, 0.05) is 16.9 Å². The summed E-state index contributed by atoms with van der Waals surface area (Å²) in [6.07, 6.45) is 3.25. The predicted molar refractivity (Wildman–Crippen MR) is 76.5 cm³/mol. The van der Waals surface area contributed by atoms with E-state index in [0.29, 0.717) is 16.6 Å². The van der Waals surface area contributed by atoms with Crippen LogP contribution in [0.1, 0.15) is 21.6 Å². The Labute approximate surface area is 119 Å². The van der Waals surface area contributed by atoms with E-state index in [1.807, 2.05) is 19.1 Å². The lowest BCUT2D eigenvalue weighted by Gasteiger charge is -2.08. The summed E-state index contributed by atoms with van der Waals surface area (Å²) in [5.41, 5.74) is 7.89. The van der Waals surface area contributed by atoms with E-state index >= 15 is 0 Å². The molecule has 0 aliphatic rings. The Morgan fingerprint density at radius 2 is 2.26 bits per heavy atom. The molecule has 5 nitrogen and oxygen atoms in total. The Balaban J connectivity index is 2.10. The van der Waals surface area contributed by atoms with Gasteiger partial charge in [-0.15, -0.1) is 0 Å². The van der Waals surface area contributed by atoms with Gasteiger partial charge < -0.3 is 11.1 Å². The predicted octanol–water partition coefficient (Wildman–Crippen LogP) is 2.06. The molecule has 0 aliphatic heterocycles. The zero-order valence-electron chi connectivity index (χ0n) is 10.4. The second-order valence-corrected chi connectivity index (χ2v) is 4.95. The minimum Gasteiger partial charge on any atom is -0.383 e. The molecule has 0 bridgehead atoms. The standard InChI is InChI=1S/C13H13BrN4O/c1-8-3-2-4-16-11(8)7-18-13(19)10-5-9(14)6-17-12(10)15/h2-6H,7H2,1H3,(H2,15,17)(H,18,19). The highest BCUT2D eigenvalue weighted by Gasteiger charge is 2.11. The molecular formula is C13H13BrN4O. The van der Waals surface area contributed by atoms with Crippen LogP contribution >= 0.6 is 15.9 Å². The third-order valence-electron chi connectivity index (χ3n) is 2.66. The van der Waals surface area contributed by atoms with Crippen molar-refractivity contribution in [3.63, 3.8) is 0 Å². The monoisotopic (exact) mass is 320 g/mol. The number of hydrogen-bond donors (Lipinski definition) is 2. The van der Waals surface area contributed by atoms with Crippen molar-refractivity contribution in [2.24, 2.45) is 0 Å². The maximum atomic E-state index is 12.0. The maximum absolute atomic E-state index is 12.0. The van der Waals surface area contributed by atoms with E-state index < -0.39 is 0 Å². The van der Waals surface area contributed by atoms with Crippen LogP contribution in [0.3, 0.4) is 0 Å². The summed E-state index contributed by atoms with van der Waals surface area (Å²) < 4.78 is 0.709. The number of nitrogens with two attached hydrogens (primary N) is 1. The van der Waals surface area contributed by atoms with E-state index in [0.717, 1.165) is 11.3 Å². The van der Waals surface area contributed by atoms with E-state index in [1.165, 1.54) is 0 Å². The maximum Gasteiger partial charge on any atom is 0.255 e. The summed E-state index contributed by atoms with van der Waals surface area (Å²) >= 11 is 3.26. The van der Waals surface area contributed by atoms with Crippen molar-refractivity contribution in [3.05, 3.63) is 51.9 Å². The number of halogens is 1. The second-order valence-electron chi connectivity index (χ2n) is 4.04. The Morgan fingerprint density at radius 1 is 1.47 bits per heavy atom. The molecule has 0 saturated carbocycles. The number of aryl methyl sites for hydroxylation is 1. The van der Waals surface area contributed by atoms with Gasteiger partial charge >= 0.3 is 0 Å². The summed E-state index contributed by atoms with van der Waals surface area (Å²) in [6, 6.07) is 5.45. The van der Waals surface area contributed by atoms with Crippen LogP contribution in [0, 0.1) is 6.92 Å². The van der Waals surface area contributed by atoms with Crippen molar-refractivity contribution in [2.75, 3.05) is 5.73 Å². The smallest absolute Gasteiger partial charge is 0.255 e. The summed E-state index contributed by atoms with van der Waals surface area (Å²) in [6.45, 7) is 2.31. The average Bonchev–Trinajstić information content (AvgIpc) is 2.40. The van der Waals surface area contributed by atoms with E-state index in [-0.39, 0.29) is 11.7 Å². The first-order valence-electron chi connectivity index (χ1n) is 5.67. The Morgan fingerprint density at radius 3 is 3.00 bits per heavy atom. The molecule has 0 spiro atoms. The number of carbonyl (C=O) groups is 1. The van der Waals surface area contributed by atoms with Crippen LogP contribution in [0.15, 0.2) is 35.1 Å². The van der Waals surface area contributed by atoms with Gasteiger partial charge in [0.25, 0.3) is 5.91 Å². The molecule has 98 valence electrons. The fraction of sp³-hybridized carbons (Fsp3) is 0.154. The number of anilines is 1. The van der Waals surface area contributed by atoms with Crippen molar-refractivity contribution in [2.45, 2.75) is 13.5 Å². The van der Waals surface area contributed by atoms with Gasteiger partial charge in [-0.05, 0) is 40.5 Å². The molecule has 0 radical (unpaired) electrons. The number of amides is 1. The number of pyridine rings is 2. The van der Waals surface area contributed by atoms with Crippen LogP contribution < -0.4 is 11.1 Å². The lowest BCUT2D eigenvalue weighted by Crippen LogP contribution is -2.25. The number of nitrogens with zero attached hydrogens (tertiary/aromatic N) is 2. The van der Waals surface area contributed by atoms with Gasteiger partial charge in [0.1, 0.15) is 5.82 Å². The molecule has 19 heavy (non-hydrogen) atoms. The van der Waals surface area contributed by atoms with Gasteiger partial charge in [0.15, 0.2) is 0 Å². The molecule has 2 aromatic heterocycles. The molecule has 2 aromatic rings. The first-order valence-corrected chi connectivity index (χ1v) is 6.47. The third kappa shape index (κ3) is 3.29. The first-order chi connectivity index (χ1) is 9.08. The van der Waals surface area contributed by atoms with E-state index in [4.69, 9.17) is 5.73 Å². The Kier molecular flexibility index (Phi) is 4.11.